The second-order valence-electron chi connectivity index (χ2n) is 5.62. The van der Waals surface area contributed by atoms with Crippen LogP contribution in [0.15, 0.2) is 24.3 Å². The molecule has 1 aliphatic heterocycles. The summed E-state index contributed by atoms with van der Waals surface area (Å²) in [4.78, 5) is 2.22. The molecule has 2 rings (SSSR count). The monoisotopic (exact) mass is 341 g/mol. The van der Waals surface area contributed by atoms with Gasteiger partial charge in [-0.1, -0.05) is 26.0 Å². The van der Waals surface area contributed by atoms with E-state index >= 15 is 0 Å². The van der Waals surface area contributed by atoms with Crippen LogP contribution in [-0.4, -0.2) is 62.9 Å². The fraction of sp³-hybridized carbons (Fsp3) is 0.625. The van der Waals surface area contributed by atoms with Crippen LogP contribution in [0.1, 0.15) is 20.8 Å². The van der Waals surface area contributed by atoms with E-state index in [1.807, 2.05) is 38.1 Å². The van der Waals surface area contributed by atoms with E-state index in [4.69, 9.17) is 4.74 Å². The molecule has 1 aliphatic rings. The van der Waals surface area contributed by atoms with Gasteiger partial charge in [-0.2, -0.15) is 17.0 Å². The van der Waals surface area contributed by atoms with E-state index in [0.29, 0.717) is 26.2 Å². The van der Waals surface area contributed by atoms with Crippen molar-refractivity contribution < 1.29 is 13.2 Å². The van der Waals surface area contributed by atoms with Gasteiger partial charge in [-0.3, -0.25) is 0 Å². The van der Waals surface area contributed by atoms with E-state index < -0.39 is 10.2 Å². The molecule has 0 saturated carbocycles. The van der Waals surface area contributed by atoms with Crippen molar-refractivity contribution in [3.05, 3.63) is 24.3 Å². The summed E-state index contributed by atoms with van der Waals surface area (Å²) in [5, 5.41) is 0. The molecule has 0 amide bonds. The fourth-order valence-corrected chi connectivity index (χ4v) is 4.30. The number of fused-ring (bicyclic) bond motifs is 1. The number of benzene rings is 1. The molecule has 0 unspecified atom stereocenters. The van der Waals surface area contributed by atoms with Crippen molar-refractivity contribution in [3.8, 4) is 5.75 Å². The minimum atomic E-state index is -3.43. The number of para-hydroxylation sites is 2. The van der Waals surface area contributed by atoms with Gasteiger partial charge in [0.05, 0.1) is 18.8 Å². The quantitative estimate of drug-likeness (QED) is 0.759. The molecular weight excluding hydrogens is 314 g/mol. The van der Waals surface area contributed by atoms with Crippen LogP contribution in [0.2, 0.25) is 0 Å². The summed E-state index contributed by atoms with van der Waals surface area (Å²) < 4.78 is 34.0. The molecule has 1 aromatic carbocycles. The van der Waals surface area contributed by atoms with Crippen LogP contribution in [0.4, 0.5) is 5.69 Å². The molecular formula is C16H27N3O3S. The highest BCUT2D eigenvalue weighted by molar-refractivity contribution is 7.86. The van der Waals surface area contributed by atoms with Gasteiger partial charge >= 0.3 is 0 Å². The highest BCUT2D eigenvalue weighted by Gasteiger charge is 2.31. The third-order valence-electron chi connectivity index (χ3n) is 4.19. The Kier molecular flexibility index (Phi) is 5.89. The lowest BCUT2D eigenvalue weighted by molar-refractivity contribution is 0.168. The minimum absolute atomic E-state index is 0.180. The molecule has 0 bridgehead atoms. The van der Waals surface area contributed by atoms with Crippen LogP contribution in [0.3, 0.4) is 0 Å². The maximum absolute atomic E-state index is 12.5. The molecule has 0 N–H and O–H groups in total. The van der Waals surface area contributed by atoms with Crippen molar-refractivity contribution in [2.24, 2.45) is 0 Å². The van der Waals surface area contributed by atoms with Gasteiger partial charge in [0.1, 0.15) is 11.9 Å². The molecule has 0 spiro atoms. The molecule has 1 aromatic rings. The Balaban J connectivity index is 2.12. The Morgan fingerprint density at radius 2 is 1.87 bits per heavy atom. The summed E-state index contributed by atoms with van der Waals surface area (Å²) in [5.41, 5.74) is 1.07. The number of hydrogen-bond acceptors (Lipinski definition) is 4. The van der Waals surface area contributed by atoms with Gasteiger partial charge in [0.25, 0.3) is 10.2 Å². The number of likely N-dealkylation sites (N-methyl/N-ethyl adjacent to an activating group) is 2. The first-order valence-corrected chi connectivity index (χ1v) is 9.55. The highest BCUT2D eigenvalue weighted by Crippen LogP contribution is 2.33. The van der Waals surface area contributed by atoms with Gasteiger partial charge in [0, 0.05) is 26.7 Å². The lowest BCUT2D eigenvalue weighted by Crippen LogP contribution is -2.50. The SMILES string of the molecule is CCN1C[C@@H](CN(C)S(=O)(=O)N(CC)CC)Oc2ccccc21. The van der Waals surface area contributed by atoms with Gasteiger partial charge < -0.3 is 9.64 Å². The van der Waals surface area contributed by atoms with Crippen molar-refractivity contribution in [1.82, 2.24) is 8.61 Å². The van der Waals surface area contributed by atoms with Gasteiger partial charge in [-0.25, -0.2) is 0 Å². The standard InChI is InChI=1S/C16H27N3O3S/c1-5-18-13-14(22-16-11-9-8-10-15(16)18)12-17(4)23(20,21)19(6-2)7-3/h8-11,14H,5-7,12-13H2,1-4H3/t14-/m1/s1. The number of nitrogens with zero attached hydrogens (tertiary/aromatic N) is 3. The Labute approximate surface area is 139 Å². The Bertz CT molecular complexity index is 617. The summed E-state index contributed by atoms with van der Waals surface area (Å²) in [6.07, 6.45) is -0.180. The molecule has 0 aromatic heterocycles. The fourth-order valence-electron chi connectivity index (χ4n) is 2.90. The third kappa shape index (κ3) is 3.79. The summed E-state index contributed by atoms with van der Waals surface area (Å²) in [6, 6.07) is 7.89. The first kappa shape index (κ1) is 18.0. The molecule has 7 heteroatoms. The van der Waals surface area contributed by atoms with Crippen molar-refractivity contribution in [1.29, 1.82) is 0 Å². The largest absolute Gasteiger partial charge is 0.485 e. The predicted octanol–water partition coefficient (Wildman–Crippen LogP) is 1.79. The van der Waals surface area contributed by atoms with Crippen LogP contribution in [0.25, 0.3) is 0 Å². The first-order valence-electron chi connectivity index (χ1n) is 8.16. The molecule has 1 heterocycles. The maximum atomic E-state index is 12.5. The summed E-state index contributed by atoms with van der Waals surface area (Å²) in [5.74, 6) is 0.819. The summed E-state index contributed by atoms with van der Waals surface area (Å²) in [6.45, 7) is 8.62. The molecule has 0 radical (unpaired) electrons. The number of rotatable bonds is 7. The smallest absolute Gasteiger partial charge is 0.281 e. The van der Waals surface area contributed by atoms with E-state index in [1.165, 1.54) is 8.61 Å². The number of ether oxygens (including phenoxy) is 1. The maximum Gasteiger partial charge on any atom is 0.281 e. The van der Waals surface area contributed by atoms with E-state index in [0.717, 1.165) is 18.0 Å². The lowest BCUT2D eigenvalue weighted by Gasteiger charge is -2.37. The lowest BCUT2D eigenvalue weighted by atomic mass is 10.2. The first-order chi connectivity index (χ1) is 10.9. The second kappa shape index (κ2) is 7.51. The van der Waals surface area contributed by atoms with Gasteiger partial charge in [-0.15, -0.1) is 0 Å². The second-order valence-corrected chi connectivity index (χ2v) is 7.65. The van der Waals surface area contributed by atoms with Crippen LogP contribution < -0.4 is 9.64 Å². The minimum Gasteiger partial charge on any atom is -0.485 e. The molecule has 0 fully saturated rings. The van der Waals surface area contributed by atoms with Crippen LogP contribution >= 0.6 is 0 Å². The van der Waals surface area contributed by atoms with Crippen LogP contribution in [0, 0.1) is 0 Å². The Morgan fingerprint density at radius 3 is 2.48 bits per heavy atom. The molecule has 130 valence electrons. The summed E-state index contributed by atoms with van der Waals surface area (Å²) >= 11 is 0. The van der Waals surface area contributed by atoms with Crippen molar-refractivity contribution in [2.45, 2.75) is 26.9 Å². The molecule has 6 nitrogen and oxygen atoms in total. The van der Waals surface area contributed by atoms with E-state index in [9.17, 15) is 8.42 Å². The molecule has 1 atom stereocenters. The normalized spacial score (nSPS) is 18.2. The number of anilines is 1. The zero-order valence-corrected chi connectivity index (χ0v) is 15.2. The zero-order valence-electron chi connectivity index (χ0n) is 14.4. The Morgan fingerprint density at radius 1 is 1.22 bits per heavy atom. The molecule has 23 heavy (non-hydrogen) atoms. The van der Waals surface area contributed by atoms with E-state index in [2.05, 4.69) is 11.8 Å². The van der Waals surface area contributed by atoms with Crippen molar-refractivity contribution in [3.63, 3.8) is 0 Å². The third-order valence-corrected chi connectivity index (χ3v) is 6.30. The van der Waals surface area contributed by atoms with Crippen molar-refractivity contribution in [2.75, 3.05) is 44.7 Å². The molecule has 0 saturated heterocycles. The summed E-state index contributed by atoms with van der Waals surface area (Å²) in [7, 11) is -1.82. The zero-order chi connectivity index (χ0) is 17.0. The Hall–Kier alpha value is -1.31. The topological polar surface area (TPSA) is 53.1 Å². The average molecular weight is 341 g/mol. The van der Waals surface area contributed by atoms with Crippen LogP contribution in [0.5, 0.6) is 5.75 Å². The van der Waals surface area contributed by atoms with Crippen LogP contribution in [-0.2, 0) is 10.2 Å². The predicted molar refractivity (Wildman–Crippen MR) is 93.2 cm³/mol. The van der Waals surface area contributed by atoms with Gasteiger partial charge in [0.2, 0.25) is 0 Å². The molecule has 0 aliphatic carbocycles. The van der Waals surface area contributed by atoms with Gasteiger partial charge in [-0.05, 0) is 19.1 Å². The van der Waals surface area contributed by atoms with Crippen molar-refractivity contribution >= 4 is 15.9 Å². The number of hydrogen-bond donors (Lipinski definition) is 0. The highest BCUT2D eigenvalue weighted by atomic mass is 32.2. The van der Waals surface area contributed by atoms with Gasteiger partial charge in [0.15, 0.2) is 0 Å². The average Bonchev–Trinajstić information content (AvgIpc) is 2.54. The van der Waals surface area contributed by atoms with E-state index in [-0.39, 0.29) is 6.10 Å². The van der Waals surface area contributed by atoms with E-state index in [1.54, 1.807) is 7.05 Å².